The number of pyridine rings is 2. The monoisotopic (exact) mass is 896 g/mol. The van der Waals surface area contributed by atoms with Crippen LogP contribution in [0.4, 0.5) is 0 Å². The third kappa shape index (κ3) is 10.3. The molecule has 2 atom stereocenters. The van der Waals surface area contributed by atoms with Gasteiger partial charge in [0.2, 0.25) is 0 Å². The maximum atomic E-state index is 6.77. The van der Waals surface area contributed by atoms with Crippen molar-refractivity contribution in [1.82, 2.24) is 29.6 Å². The summed E-state index contributed by atoms with van der Waals surface area (Å²) in [6.07, 6.45) is 8.19. The Labute approximate surface area is 390 Å². The summed E-state index contributed by atoms with van der Waals surface area (Å²) in [6.45, 7) is 8.93. The van der Waals surface area contributed by atoms with Crippen LogP contribution in [0.1, 0.15) is 48.2 Å². The van der Waals surface area contributed by atoms with Gasteiger partial charge >= 0.3 is 0 Å². The lowest BCUT2D eigenvalue weighted by Crippen LogP contribution is -2.68. The molecule has 0 N–H and O–H groups in total. The molecule has 0 aliphatic carbocycles. The van der Waals surface area contributed by atoms with Crippen LogP contribution in [-0.2, 0) is 11.1 Å². The molecule has 334 valence electrons. The number of rotatable bonds is 19. The van der Waals surface area contributed by atoms with Gasteiger partial charge in [0.1, 0.15) is 35.8 Å². The lowest BCUT2D eigenvalue weighted by atomic mass is 9.62. The molecule has 8 rings (SSSR count). The van der Waals surface area contributed by atoms with Crippen LogP contribution in [-0.4, -0.2) is 109 Å². The van der Waals surface area contributed by atoms with E-state index in [9.17, 15) is 0 Å². The molecule has 0 spiro atoms. The summed E-state index contributed by atoms with van der Waals surface area (Å²) in [6, 6.07) is 49.9. The number of ether oxygens (including phenoxy) is 2. The van der Waals surface area contributed by atoms with Gasteiger partial charge in [-0.05, 0) is 162 Å². The van der Waals surface area contributed by atoms with Gasteiger partial charge in [-0.15, -0.1) is 0 Å². The predicted octanol–water partition coefficient (Wildman–Crippen LogP) is 10.4. The molecule has 2 aliphatic rings. The number of para-hydroxylation sites is 2. The SMILES string of the molecule is CN(CC1CCN(CCOc2ccccc2)CC1)C(c1ccc(Cl)cc1)(c1ccccn1)[C@](c1ccc(Cl)cc1)(c1ccccn1)N(C)CC1CCN(CCOc2ccccc2)CC1. The first kappa shape index (κ1) is 45.8. The van der Waals surface area contributed by atoms with E-state index >= 15 is 0 Å². The topological polar surface area (TPSA) is 57.2 Å². The van der Waals surface area contributed by atoms with Crippen molar-refractivity contribution in [2.45, 2.75) is 36.8 Å². The standard InChI is InChI=1S/C54H62Cl2N6O2/c1-59(41-43-27-33-61(34-28-43)37-39-63-49-13-5-3-6-14-49)53(51-17-9-11-31-57-51,45-19-23-47(55)24-20-45)54(52-18-10-12-32-58-52,46-21-25-48(56)26-22-46)60(2)42-44-29-35-62(36-30-44)38-40-64-50-15-7-4-8-16-50/h3-26,31-32,43-44H,27-30,33-42H2,1-2H3/t53-,54?/m0/s1. The summed E-state index contributed by atoms with van der Waals surface area (Å²) < 4.78 is 12.2. The van der Waals surface area contributed by atoms with Crippen LogP contribution in [0.3, 0.4) is 0 Å². The Kier molecular flexibility index (Phi) is 15.7. The molecular formula is C54H62Cl2N6O2. The molecule has 64 heavy (non-hydrogen) atoms. The highest BCUT2D eigenvalue weighted by Gasteiger charge is 2.62. The maximum Gasteiger partial charge on any atom is 0.119 e. The fourth-order valence-corrected chi connectivity index (χ4v) is 10.7. The number of aromatic nitrogens is 2. The van der Waals surface area contributed by atoms with Crippen LogP contribution in [0.5, 0.6) is 11.5 Å². The Balaban J connectivity index is 1.16. The smallest absolute Gasteiger partial charge is 0.119 e. The normalized spacial score (nSPS) is 17.5. The summed E-state index contributed by atoms with van der Waals surface area (Å²) in [7, 11) is 4.61. The van der Waals surface area contributed by atoms with Crippen molar-refractivity contribution in [2.24, 2.45) is 11.8 Å². The second kappa shape index (κ2) is 21.9. The molecular weight excluding hydrogens is 836 g/mol. The van der Waals surface area contributed by atoms with E-state index in [0.29, 0.717) is 35.1 Å². The second-order valence-corrected chi connectivity index (χ2v) is 18.4. The van der Waals surface area contributed by atoms with Crippen molar-refractivity contribution in [3.05, 3.63) is 191 Å². The van der Waals surface area contributed by atoms with Crippen LogP contribution in [0, 0.1) is 11.8 Å². The fourth-order valence-electron chi connectivity index (χ4n) is 10.5. The number of halogens is 2. The minimum atomic E-state index is -0.911. The van der Waals surface area contributed by atoms with E-state index in [1.165, 1.54) is 0 Å². The Bertz CT molecular complexity index is 2110. The molecule has 4 aromatic carbocycles. The first-order valence-electron chi connectivity index (χ1n) is 22.9. The molecule has 2 saturated heterocycles. The van der Waals surface area contributed by atoms with Crippen molar-refractivity contribution < 1.29 is 9.47 Å². The summed E-state index contributed by atoms with van der Waals surface area (Å²) in [5.74, 6) is 2.73. The summed E-state index contributed by atoms with van der Waals surface area (Å²) >= 11 is 13.5. The number of benzene rings is 4. The molecule has 6 aromatic rings. The summed E-state index contributed by atoms with van der Waals surface area (Å²) in [5.41, 5.74) is 2.24. The average molecular weight is 898 g/mol. The van der Waals surface area contributed by atoms with E-state index in [0.717, 1.165) is 112 Å². The molecule has 0 amide bonds. The van der Waals surface area contributed by atoms with E-state index in [1.807, 2.05) is 109 Å². The highest BCUT2D eigenvalue weighted by atomic mass is 35.5. The van der Waals surface area contributed by atoms with Gasteiger partial charge in [-0.25, -0.2) is 0 Å². The number of hydrogen-bond acceptors (Lipinski definition) is 8. The number of piperidine rings is 2. The van der Waals surface area contributed by atoms with Gasteiger partial charge in [0.05, 0.1) is 11.4 Å². The Morgan fingerprint density at radius 2 is 0.859 bits per heavy atom. The molecule has 8 nitrogen and oxygen atoms in total. The van der Waals surface area contributed by atoms with Crippen LogP contribution in [0.15, 0.2) is 158 Å². The zero-order valence-electron chi connectivity index (χ0n) is 37.3. The van der Waals surface area contributed by atoms with E-state index < -0.39 is 11.1 Å². The van der Waals surface area contributed by atoms with Crippen LogP contribution >= 0.6 is 23.2 Å². The predicted molar refractivity (Wildman–Crippen MR) is 260 cm³/mol. The van der Waals surface area contributed by atoms with Crippen LogP contribution in [0.25, 0.3) is 0 Å². The van der Waals surface area contributed by atoms with Gasteiger partial charge < -0.3 is 9.47 Å². The molecule has 1 unspecified atom stereocenters. The van der Waals surface area contributed by atoms with Crippen molar-refractivity contribution in [2.75, 3.05) is 79.7 Å². The molecule has 2 aliphatic heterocycles. The van der Waals surface area contributed by atoms with Gasteiger partial charge in [0.15, 0.2) is 0 Å². The maximum absolute atomic E-state index is 6.77. The minimum absolute atomic E-state index is 0.443. The van der Waals surface area contributed by atoms with Crippen molar-refractivity contribution in [3.63, 3.8) is 0 Å². The third-order valence-electron chi connectivity index (χ3n) is 13.6. The van der Waals surface area contributed by atoms with Gasteiger partial charge in [-0.1, -0.05) is 96.0 Å². The Morgan fingerprint density at radius 3 is 1.20 bits per heavy atom. The van der Waals surface area contributed by atoms with E-state index in [2.05, 4.69) is 82.2 Å². The van der Waals surface area contributed by atoms with Gasteiger partial charge in [-0.3, -0.25) is 29.6 Å². The highest BCUT2D eigenvalue weighted by molar-refractivity contribution is 6.30. The molecule has 4 heterocycles. The molecule has 2 aromatic heterocycles. The van der Waals surface area contributed by atoms with E-state index in [-0.39, 0.29) is 0 Å². The zero-order chi connectivity index (χ0) is 44.2. The van der Waals surface area contributed by atoms with E-state index in [1.54, 1.807) is 0 Å². The van der Waals surface area contributed by atoms with Gasteiger partial charge in [0, 0.05) is 48.6 Å². The first-order chi connectivity index (χ1) is 31.4. The second-order valence-electron chi connectivity index (χ2n) is 17.5. The van der Waals surface area contributed by atoms with Gasteiger partial charge in [0.25, 0.3) is 0 Å². The zero-order valence-corrected chi connectivity index (χ0v) is 38.8. The number of likely N-dealkylation sites (N-methyl/N-ethyl adjacent to an activating group) is 2. The minimum Gasteiger partial charge on any atom is -0.492 e. The van der Waals surface area contributed by atoms with Crippen LogP contribution in [0.2, 0.25) is 10.0 Å². The summed E-state index contributed by atoms with van der Waals surface area (Å²) in [4.78, 5) is 21.0. The molecule has 0 bridgehead atoms. The van der Waals surface area contributed by atoms with Crippen molar-refractivity contribution in [1.29, 1.82) is 0 Å². The third-order valence-corrected chi connectivity index (χ3v) is 14.1. The lowest BCUT2D eigenvalue weighted by Gasteiger charge is -2.59. The van der Waals surface area contributed by atoms with Crippen LogP contribution < -0.4 is 9.47 Å². The van der Waals surface area contributed by atoms with Crippen molar-refractivity contribution in [3.8, 4) is 11.5 Å². The summed E-state index contributed by atoms with van der Waals surface area (Å²) in [5, 5.41) is 1.38. The van der Waals surface area contributed by atoms with Crippen molar-refractivity contribution >= 4 is 23.2 Å². The number of likely N-dealkylation sites (tertiary alicyclic amines) is 2. The fraction of sp³-hybridized carbons (Fsp3) is 0.370. The first-order valence-corrected chi connectivity index (χ1v) is 23.7. The lowest BCUT2D eigenvalue weighted by molar-refractivity contribution is -0.0386. The van der Waals surface area contributed by atoms with Gasteiger partial charge in [-0.2, -0.15) is 0 Å². The quantitative estimate of drug-likeness (QED) is 0.0797. The number of hydrogen-bond donors (Lipinski definition) is 0. The number of nitrogens with zero attached hydrogens (tertiary/aromatic N) is 6. The largest absolute Gasteiger partial charge is 0.492 e. The molecule has 10 heteroatoms. The molecule has 0 saturated carbocycles. The Hall–Kier alpha value is -4.80. The van der Waals surface area contributed by atoms with E-state index in [4.69, 9.17) is 42.6 Å². The average Bonchev–Trinajstić information content (AvgIpc) is 3.34. The Morgan fingerprint density at radius 1 is 0.500 bits per heavy atom. The molecule has 2 fully saturated rings. The molecule has 0 radical (unpaired) electrons. The highest BCUT2D eigenvalue weighted by Crippen LogP contribution is 2.56.